The highest BCUT2D eigenvalue weighted by Gasteiger charge is 2.41. The molecule has 1 aromatic carbocycles. The highest BCUT2D eigenvalue weighted by Crippen LogP contribution is 2.35. The molecule has 0 radical (unpaired) electrons. The van der Waals surface area contributed by atoms with Crippen LogP contribution in [-0.2, 0) is 0 Å². The van der Waals surface area contributed by atoms with Crippen LogP contribution >= 0.6 is 15.9 Å². The number of ether oxygens (including phenoxy) is 1. The third kappa shape index (κ3) is 2.63. The molecule has 2 fully saturated rings. The number of likely N-dealkylation sites (tertiary alicyclic amines) is 1. The number of amides is 1. The highest BCUT2D eigenvalue weighted by molar-refractivity contribution is 9.10. The number of nitrogens with one attached hydrogen (secondary N) is 1. The van der Waals surface area contributed by atoms with E-state index in [1.54, 1.807) is 17.0 Å². The summed E-state index contributed by atoms with van der Waals surface area (Å²) < 4.78 is 20.0. The van der Waals surface area contributed by atoms with Gasteiger partial charge in [-0.2, -0.15) is 0 Å². The fraction of sp³-hybridized carbons (Fsp3) is 0.438. The van der Waals surface area contributed by atoms with Gasteiger partial charge in [0.15, 0.2) is 5.82 Å². The molecule has 3 heterocycles. The van der Waals surface area contributed by atoms with Crippen LogP contribution in [-0.4, -0.2) is 47.1 Å². The fourth-order valence-corrected chi connectivity index (χ4v) is 3.61. The van der Waals surface area contributed by atoms with Crippen LogP contribution in [0.1, 0.15) is 12.8 Å². The van der Waals surface area contributed by atoms with Crippen molar-refractivity contribution in [3.8, 4) is 5.88 Å². The van der Waals surface area contributed by atoms with E-state index in [1.807, 2.05) is 0 Å². The summed E-state index contributed by atoms with van der Waals surface area (Å²) in [5.74, 6) is -0.580. The van der Waals surface area contributed by atoms with E-state index in [0.717, 1.165) is 25.9 Å². The normalized spacial score (nSPS) is 19.3. The maximum absolute atomic E-state index is 14.4. The van der Waals surface area contributed by atoms with Crippen LogP contribution in [0, 0.1) is 11.2 Å². The van der Waals surface area contributed by atoms with Gasteiger partial charge in [-0.3, -0.25) is 0 Å². The molecular weight excluding hydrogens is 379 g/mol. The van der Waals surface area contributed by atoms with Crippen molar-refractivity contribution in [3.63, 3.8) is 0 Å². The minimum atomic E-state index is -0.533. The zero-order chi connectivity index (χ0) is 16.7. The maximum Gasteiger partial charge on any atom is 0.416 e. The number of carbonyl (C=O) groups is 1. The highest BCUT2D eigenvalue weighted by atomic mass is 79.9. The summed E-state index contributed by atoms with van der Waals surface area (Å²) in [7, 11) is 0. The fourth-order valence-electron chi connectivity index (χ4n) is 3.28. The molecule has 1 N–H and O–H groups in total. The van der Waals surface area contributed by atoms with Gasteiger partial charge in [-0.05, 0) is 46.3 Å². The molecule has 2 saturated heterocycles. The number of hydrogen-bond acceptors (Lipinski definition) is 5. The molecule has 0 saturated carbocycles. The smallest absolute Gasteiger partial charge is 0.390 e. The molecule has 1 aromatic heterocycles. The summed E-state index contributed by atoms with van der Waals surface area (Å²) >= 11 is 3.13. The van der Waals surface area contributed by atoms with E-state index in [2.05, 4.69) is 31.2 Å². The van der Waals surface area contributed by atoms with Gasteiger partial charge >= 0.3 is 6.09 Å². The van der Waals surface area contributed by atoms with Crippen LogP contribution in [0.4, 0.5) is 9.18 Å². The van der Waals surface area contributed by atoms with Gasteiger partial charge in [-0.15, -0.1) is 0 Å². The lowest BCUT2D eigenvalue weighted by Gasteiger charge is -2.47. The van der Waals surface area contributed by atoms with E-state index in [1.165, 1.54) is 6.33 Å². The lowest BCUT2D eigenvalue weighted by Crippen LogP contribution is -2.59. The lowest BCUT2D eigenvalue weighted by molar-refractivity contribution is 0.0566. The first kappa shape index (κ1) is 15.7. The van der Waals surface area contributed by atoms with Crippen molar-refractivity contribution in [1.29, 1.82) is 0 Å². The van der Waals surface area contributed by atoms with Gasteiger partial charge in [0.25, 0.3) is 0 Å². The van der Waals surface area contributed by atoms with Gasteiger partial charge in [0.05, 0.1) is 15.4 Å². The molecular formula is C16H16BrFN4O2. The third-order valence-electron chi connectivity index (χ3n) is 4.92. The molecule has 2 aromatic rings. The van der Waals surface area contributed by atoms with Crippen LogP contribution < -0.4 is 10.1 Å². The molecule has 2 aliphatic heterocycles. The van der Waals surface area contributed by atoms with Gasteiger partial charge in [0.1, 0.15) is 6.33 Å². The zero-order valence-electron chi connectivity index (χ0n) is 12.9. The van der Waals surface area contributed by atoms with Crippen molar-refractivity contribution in [2.75, 3.05) is 26.2 Å². The average Bonchev–Trinajstić information content (AvgIpc) is 2.57. The topological polar surface area (TPSA) is 67.3 Å². The molecule has 0 aliphatic carbocycles. The molecule has 0 atom stereocenters. The second-order valence-electron chi connectivity index (χ2n) is 6.39. The Hall–Kier alpha value is -1.80. The van der Waals surface area contributed by atoms with Crippen molar-refractivity contribution in [2.45, 2.75) is 12.8 Å². The summed E-state index contributed by atoms with van der Waals surface area (Å²) in [5, 5.41) is 3.40. The first-order valence-electron chi connectivity index (χ1n) is 7.84. The lowest BCUT2D eigenvalue weighted by atomic mass is 9.73. The molecule has 8 heteroatoms. The molecule has 1 spiro atoms. The van der Waals surface area contributed by atoms with Crippen LogP contribution in [0.15, 0.2) is 22.9 Å². The summed E-state index contributed by atoms with van der Waals surface area (Å²) in [5.41, 5.74) is 0.738. The molecule has 0 bridgehead atoms. The number of nitrogens with zero attached hydrogens (tertiary/aromatic N) is 3. The monoisotopic (exact) mass is 394 g/mol. The van der Waals surface area contributed by atoms with Crippen molar-refractivity contribution in [1.82, 2.24) is 20.2 Å². The maximum atomic E-state index is 14.4. The first-order chi connectivity index (χ1) is 11.6. The predicted molar refractivity (Wildman–Crippen MR) is 89.3 cm³/mol. The Kier molecular flexibility index (Phi) is 3.88. The van der Waals surface area contributed by atoms with Crippen LogP contribution in [0.5, 0.6) is 5.88 Å². The Morgan fingerprint density at radius 3 is 2.71 bits per heavy atom. The number of fused-ring (bicyclic) bond motifs is 1. The van der Waals surface area contributed by atoms with Gasteiger partial charge < -0.3 is 15.0 Å². The summed E-state index contributed by atoms with van der Waals surface area (Å²) in [6.45, 7) is 3.34. The van der Waals surface area contributed by atoms with Crippen LogP contribution in [0.3, 0.4) is 0 Å². The average molecular weight is 395 g/mol. The van der Waals surface area contributed by atoms with Crippen molar-refractivity contribution in [2.24, 2.45) is 5.41 Å². The Balaban J connectivity index is 1.54. The largest absolute Gasteiger partial charge is 0.416 e. The SMILES string of the molecule is O=C(Oc1ncnc2ccc(Br)c(F)c12)N1CCC2(CC1)CNC2. The predicted octanol–water partition coefficient (Wildman–Crippen LogP) is 2.72. The van der Waals surface area contributed by atoms with Gasteiger partial charge in [-0.25, -0.2) is 19.2 Å². The minimum absolute atomic E-state index is 0.0469. The van der Waals surface area contributed by atoms with E-state index in [4.69, 9.17) is 4.74 Å². The number of rotatable bonds is 1. The van der Waals surface area contributed by atoms with Crippen molar-refractivity contribution < 1.29 is 13.9 Å². The number of hydrogen-bond donors (Lipinski definition) is 1. The van der Waals surface area contributed by atoms with E-state index >= 15 is 0 Å². The molecule has 24 heavy (non-hydrogen) atoms. The van der Waals surface area contributed by atoms with Crippen molar-refractivity contribution in [3.05, 3.63) is 28.7 Å². The molecule has 2 aliphatic rings. The Labute approximate surface area is 146 Å². The van der Waals surface area contributed by atoms with Gasteiger partial charge in [-0.1, -0.05) is 0 Å². The second kappa shape index (κ2) is 5.93. The molecule has 126 valence electrons. The Bertz CT molecular complexity index is 802. The first-order valence-corrected chi connectivity index (χ1v) is 8.64. The van der Waals surface area contributed by atoms with Gasteiger partial charge in [0.2, 0.25) is 5.88 Å². The zero-order valence-corrected chi connectivity index (χ0v) is 14.5. The number of carbonyl (C=O) groups excluding carboxylic acids is 1. The second-order valence-corrected chi connectivity index (χ2v) is 7.25. The number of benzene rings is 1. The van der Waals surface area contributed by atoms with E-state index in [-0.39, 0.29) is 15.7 Å². The van der Waals surface area contributed by atoms with Crippen LogP contribution in [0.25, 0.3) is 10.9 Å². The molecule has 4 rings (SSSR count). The van der Waals surface area contributed by atoms with Crippen molar-refractivity contribution >= 4 is 32.9 Å². The quantitative estimate of drug-likeness (QED) is 0.805. The number of piperidine rings is 1. The summed E-state index contributed by atoms with van der Waals surface area (Å²) in [4.78, 5) is 22.0. The standard InChI is InChI=1S/C16H16BrFN4O2/c17-10-1-2-11-12(13(10)18)14(21-9-20-11)24-15(23)22-5-3-16(4-6-22)7-19-8-16/h1-2,9,19H,3-8H2. The van der Waals surface area contributed by atoms with E-state index in [0.29, 0.717) is 24.0 Å². The summed E-state index contributed by atoms with van der Waals surface area (Å²) in [6, 6.07) is 3.21. The molecule has 1 amide bonds. The van der Waals surface area contributed by atoms with Crippen LogP contribution in [0.2, 0.25) is 0 Å². The number of aromatic nitrogens is 2. The summed E-state index contributed by atoms with van der Waals surface area (Å²) in [6.07, 6.45) is 2.69. The number of halogens is 2. The minimum Gasteiger partial charge on any atom is -0.390 e. The molecule has 0 unspecified atom stereocenters. The van der Waals surface area contributed by atoms with Gasteiger partial charge in [0, 0.05) is 26.2 Å². The van der Waals surface area contributed by atoms with E-state index < -0.39 is 11.9 Å². The Morgan fingerprint density at radius 1 is 1.29 bits per heavy atom. The van der Waals surface area contributed by atoms with E-state index in [9.17, 15) is 9.18 Å². The molecule has 6 nitrogen and oxygen atoms in total. The Morgan fingerprint density at radius 2 is 2.04 bits per heavy atom. The third-order valence-corrected chi connectivity index (χ3v) is 5.54.